The predicted molar refractivity (Wildman–Crippen MR) is 293 cm³/mol. The molecular weight excluding hydrogens is 895 g/mol. The van der Waals surface area contributed by atoms with Gasteiger partial charge >= 0.3 is 0 Å². The van der Waals surface area contributed by atoms with Crippen LogP contribution in [0.3, 0.4) is 0 Å². The van der Waals surface area contributed by atoms with Gasteiger partial charge in [-0.2, -0.15) is 0 Å². The number of hydrogen-bond donors (Lipinski definition) is 8. The van der Waals surface area contributed by atoms with E-state index in [1.165, 1.54) is 199 Å². The second-order valence-electron chi connectivity index (χ2n) is 21.4. The predicted octanol–water partition coefficient (Wildman–Crippen LogP) is 12.9. The summed E-state index contributed by atoms with van der Waals surface area (Å²) in [6, 6.07) is -1.19. The Balaban J connectivity index is 2.31. The summed E-state index contributed by atoms with van der Waals surface area (Å²) in [5.74, 6) is -0.705. The fourth-order valence-corrected chi connectivity index (χ4v) is 9.79. The number of carbonyl (C=O) groups excluding carboxylic acids is 1. The van der Waals surface area contributed by atoms with Gasteiger partial charge in [-0.3, -0.25) is 4.79 Å². The molecule has 8 N–H and O–H groups in total. The molecule has 9 atom stereocenters. The van der Waals surface area contributed by atoms with Crippen molar-refractivity contribution >= 4 is 5.91 Å². The van der Waals surface area contributed by atoms with Gasteiger partial charge in [-0.1, -0.05) is 244 Å². The van der Waals surface area contributed by atoms with E-state index in [1.54, 1.807) is 0 Å². The Morgan fingerprint density at radius 3 is 1.21 bits per heavy atom. The van der Waals surface area contributed by atoms with Crippen LogP contribution in [0.4, 0.5) is 0 Å². The lowest BCUT2D eigenvalue weighted by Crippen LogP contribution is -2.60. The van der Waals surface area contributed by atoms with Crippen LogP contribution in [-0.2, 0) is 14.3 Å². The third kappa shape index (κ3) is 37.9. The minimum absolute atomic E-state index is 0.252. The van der Waals surface area contributed by atoms with Gasteiger partial charge in [-0.25, -0.2) is 0 Å². The number of aliphatic hydroxyl groups excluding tert-OH is 7. The summed E-state index contributed by atoms with van der Waals surface area (Å²) in [6.45, 7) is 3.48. The molecule has 1 rings (SSSR count). The Bertz CT molecular complexity index is 1200. The van der Waals surface area contributed by atoms with Crippen molar-refractivity contribution in [1.82, 2.24) is 5.32 Å². The first-order valence-corrected chi connectivity index (χ1v) is 30.2. The van der Waals surface area contributed by atoms with Gasteiger partial charge in [0.05, 0.1) is 25.4 Å². The average Bonchev–Trinajstić information content (AvgIpc) is 3.37. The molecule has 1 aliphatic rings. The molecule has 1 saturated heterocycles. The molecule has 0 spiro atoms. The van der Waals surface area contributed by atoms with E-state index in [0.29, 0.717) is 12.8 Å². The zero-order chi connectivity index (χ0) is 51.8. The fourth-order valence-electron chi connectivity index (χ4n) is 9.79. The van der Waals surface area contributed by atoms with Crippen LogP contribution in [0.2, 0.25) is 0 Å². The highest BCUT2D eigenvalue weighted by Gasteiger charge is 2.44. The molecule has 0 saturated carbocycles. The number of carbonyl (C=O) groups is 1. The molecule has 0 aromatic heterocycles. The van der Waals surface area contributed by atoms with Crippen LogP contribution in [0, 0.1) is 0 Å². The van der Waals surface area contributed by atoms with Crippen molar-refractivity contribution < 1.29 is 50.0 Å². The first-order chi connectivity index (χ1) is 34.7. The van der Waals surface area contributed by atoms with E-state index < -0.39 is 74.2 Å². The maximum Gasteiger partial charge on any atom is 0.249 e. The van der Waals surface area contributed by atoms with Crippen LogP contribution in [0.15, 0.2) is 24.3 Å². The number of rotatable bonds is 52. The van der Waals surface area contributed by atoms with Gasteiger partial charge in [0.15, 0.2) is 6.29 Å². The molecule has 0 radical (unpaired) electrons. The molecule has 11 nitrogen and oxygen atoms in total. The Labute approximate surface area is 435 Å². The van der Waals surface area contributed by atoms with Crippen molar-refractivity contribution in [2.24, 2.45) is 0 Å². The smallest absolute Gasteiger partial charge is 0.249 e. The van der Waals surface area contributed by atoms with Gasteiger partial charge in [0.2, 0.25) is 5.91 Å². The minimum Gasteiger partial charge on any atom is -0.394 e. The van der Waals surface area contributed by atoms with E-state index in [9.17, 15) is 40.5 Å². The highest BCUT2D eigenvalue weighted by Crippen LogP contribution is 2.23. The molecule has 1 fully saturated rings. The van der Waals surface area contributed by atoms with E-state index >= 15 is 0 Å². The Morgan fingerprint density at radius 1 is 0.479 bits per heavy atom. The molecular formula is C60H115NO10. The topological polar surface area (TPSA) is 189 Å². The molecule has 0 aromatic rings. The summed E-state index contributed by atoms with van der Waals surface area (Å²) < 4.78 is 11.1. The van der Waals surface area contributed by atoms with Gasteiger partial charge < -0.3 is 50.5 Å². The molecule has 0 bridgehead atoms. The second-order valence-corrected chi connectivity index (χ2v) is 21.4. The van der Waals surface area contributed by atoms with Crippen LogP contribution in [0.5, 0.6) is 0 Å². The van der Waals surface area contributed by atoms with Crippen LogP contribution >= 0.6 is 0 Å². The summed E-state index contributed by atoms with van der Waals surface area (Å²) >= 11 is 0. The lowest BCUT2D eigenvalue weighted by molar-refractivity contribution is -0.303. The summed E-state index contributed by atoms with van der Waals surface area (Å²) in [7, 11) is 0. The molecule has 71 heavy (non-hydrogen) atoms. The summed E-state index contributed by atoms with van der Waals surface area (Å²) in [6.07, 6.45) is 48.1. The normalized spacial score (nSPS) is 20.3. The first-order valence-electron chi connectivity index (χ1n) is 30.2. The summed E-state index contributed by atoms with van der Waals surface area (Å²) in [4.78, 5) is 13.2. The van der Waals surface area contributed by atoms with Crippen LogP contribution < -0.4 is 5.32 Å². The molecule has 1 heterocycles. The largest absolute Gasteiger partial charge is 0.394 e. The molecule has 9 unspecified atom stereocenters. The van der Waals surface area contributed by atoms with Crippen molar-refractivity contribution in [3.8, 4) is 0 Å². The van der Waals surface area contributed by atoms with Crippen molar-refractivity contribution in [1.29, 1.82) is 0 Å². The number of allylic oxidation sites excluding steroid dienone is 4. The van der Waals surface area contributed by atoms with Gasteiger partial charge in [0, 0.05) is 0 Å². The fraction of sp³-hybridized carbons (Fsp3) is 0.917. The van der Waals surface area contributed by atoms with Crippen molar-refractivity contribution in [2.45, 2.75) is 339 Å². The monoisotopic (exact) mass is 1010 g/mol. The van der Waals surface area contributed by atoms with Gasteiger partial charge in [-0.15, -0.1) is 0 Å². The molecule has 11 heteroatoms. The number of unbranched alkanes of at least 4 members (excludes halogenated alkanes) is 36. The average molecular weight is 1010 g/mol. The van der Waals surface area contributed by atoms with Gasteiger partial charge in [0.1, 0.15) is 36.6 Å². The molecule has 0 aromatic carbocycles. The van der Waals surface area contributed by atoms with Gasteiger partial charge in [-0.05, 0) is 64.2 Å². The lowest BCUT2D eigenvalue weighted by Gasteiger charge is -2.40. The molecule has 1 amide bonds. The molecule has 420 valence electrons. The quantitative estimate of drug-likeness (QED) is 0.0215. The van der Waals surface area contributed by atoms with Crippen LogP contribution in [0.1, 0.15) is 284 Å². The van der Waals surface area contributed by atoms with Crippen molar-refractivity contribution in [3.05, 3.63) is 24.3 Å². The van der Waals surface area contributed by atoms with E-state index in [4.69, 9.17) is 9.47 Å². The Kier molecular flexibility index (Phi) is 47.1. The third-order valence-electron chi connectivity index (χ3n) is 14.7. The minimum atomic E-state index is -1.67. The highest BCUT2D eigenvalue weighted by molar-refractivity contribution is 5.80. The maximum absolute atomic E-state index is 13.2. The number of hydrogen-bond acceptors (Lipinski definition) is 10. The van der Waals surface area contributed by atoms with Crippen LogP contribution in [-0.4, -0.2) is 110 Å². The number of aliphatic hydroxyl groups is 7. The van der Waals surface area contributed by atoms with Crippen LogP contribution in [0.25, 0.3) is 0 Å². The van der Waals surface area contributed by atoms with E-state index in [0.717, 1.165) is 44.9 Å². The Hall–Kier alpha value is -1.41. The first kappa shape index (κ1) is 67.6. The highest BCUT2D eigenvalue weighted by atomic mass is 16.7. The SMILES string of the molecule is CCCCCCCCCCCCCC/C=C\CCCCCCCCCCC(O)C(=O)NC(COC1OC(CO)C(O)C(O)C1O)C(O)C(O)CCC/C=C/CCCCCCCCCCCCCCCCC. The summed E-state index contributed by atoms with van der Waals surface area (Å²) in [5.41, 5.74) is 0. The molecule has 1 aliphatic heterocycles. The van der Waals surface area contributed by atoms with Crippen molar-refractivity contribution in [3.63, 3.8) is 0 Å². The number of ether oxygens (including phenoxy) is 2. The van der Waals surface area contributed by atoms with Crippen molar-refractivity contribution in [2.75, 3.05) is 13.2 Å². The lowest BCUT2D eigenvalue weighted by atomic mass is 9.98. The summed E-state index contributed by atoms with van der Waals surface area (Å²) in [5, 5.41) is 76.2. The molecule has 0 aliphatic carbocycles. The number of nitrogens with one attached hydrogen (secondary N) is 1. The second kappa shape index (κ2) is 49.5. The third-order valence-corrected chi connectivity index (χ3v) is 14.7. The van der Waals surface area contributed by atoms with E-state index in [1.807, 2.05) is 0 Å². The standard InChI is InChI=1S/C60H115NO10/c1-3-5-7-9-11-13-15-17-19-21-23-25-26-27-28-30-32-34-36-38-40-42-44-46-48-53(64)59(69)61-51(50-70-60-58(68)57(67)56(66)54(49-62)71-60)55(65)52(63)47-45-43-41-39-37-35-33-31-29-24-22-20-18-16-14-12-10-8-6-4-2/h27-28,39,41,51-58,60,62-68H,3-26,29-38,40,42-50H2,1-2H3,(H,61,69)/b28-27-,41-39+. The zero-order valence-electron chi connectivity index (χ0n) is 46.0. The maximum atomic E-state index is 13.2. The van der Waals surface area contributed by atoms with Gasteiger partial charge in [0.25, 0.3) is 0 Å². The zero-order valence-corrected chi connectivity index (χ0v) is 46.0. The number of amides is 1. The Morgan fingerprint density at radius 2 is 0.831 bits per heavy atom. The van der Waals surface area contributed by atoms with E-state index in [2.05, 4.69) is 43.5 Å². The van der Waals surface area contributed by atoms with E-state index in [-0.39, 0.29) is 12.8 Å².